The van der Waals surface area contributed by atoms with Crippen LogP contribution in [0.4, 0.5) is 30.2 Å². The molecule has 2 fully saturated rings. The summed E-state index contributed by atoms with van der Waals surface area (Å²) in [6.07, 6.45) is -6.07. The first-order chi connectivity index (χ1) is 17.1. The van der Waals surface area contributed by atoms with E-state index in [2.05, 4.69) is 4.74 Å². The zero-order valence-electron chi connectivity index (χ0n) is 18.2. The van der Waals surface area contributed by atoms with Gasteiger partial charge in [-0.25, -0.2) is 9.96 Å². The van der Waals surface area contributed by atoms with Crippen molar-refractivity contribution < 1.29 is 37.3 Å². The average molecular weight is 499 g/mol. The molecular formula is C24H16F3N3O6. The summed E-state index contributed by atoms with van der Waals surface area (Å²) in [5.41, 5.74) is 0.902. The lowest BCUT2D eigenvalue weighted by Gasteiger charge is -2.28. The number of alkyl halides is 3. The van der Waals surface area contributed by atoms with Crippen LogP contribution in [0.25, 0.3) is 0 Å². The minimum Gasteiger partial charge on any atom is -0.406 e. The largest absolute Gasteiger partial charge is 0.573 e. The molecule has 3 atom stereocenters. The number of halogens is 3. The number of hydrogen-bond donors (Lipinski definition) is 0. The van der Waals surface area contributed by atoms with Crippen LogP contribution < -0.4 is 14.7 Å². The number of hydrogen-bond acceptors (Lipinski definition) is 7. The zero-order valence-corrected chi connectivity index (χ0v) is 18.2. The molecule has 0 radical (unpaired) electrons. The summed E-state index contributed by atoms with van der Waals surface area (Å²) >= 11 is 0. The molecule has 0 saturated carbocycles. The first-order valence-corrected chi connectivity index (χ1v) is 10.6. The van der Waals surface area contributed by atoms with E-state index in [9.17, 15) is 32.9 Å². The van der Waals surface area contributed by atoms with Crippen molar-refractivity contribution in [2.45, 2.75) is 18.5 Å². The SMILES string of the molecule is O=C1[C@H]2[C@H](ON(c3ccccc3)[C@H]2c2ccc(OC(F)(F)F)cc2)C(=O)N1c1ccc([N+](=O)[O-])cc1. The predicted molar refractivity (Wildman–Crippen MR) is 119 cm³/mol. The van der Waals surface area contributed by atoms with Crippen LogP contribution in [0, 0.1) is 16.0 Å². The number of rotatable bonds is 5. The van der Waals surface area contributed by atoms with E-state index in [1.807, 2.05) is 0 Å². The highest BCUT2D eigenvalue weighted by molar-refractivity contribution is 6.23. The van der Waals surface area contributed by atoms with Gasteiger partial charge < -0.3 is 4.74 Å². The van der Waals surface area contributed by atoms with Gasteiger partial charge in [0.15, 0.2) is 6.10 Å². The molecule has 2 aliphatic heterocycles. The van der Waals surface area contributed by atoms with Gasteiger partial charge in [0, 0.05) is 12.1 Å². The van der Waals surface area contributed by atoms with Crippen molar-refractivity contribution >= 4 is 28.9 Å². The van der Waals surface area contributed by atoms with Crippen LogP contribution in [-0.2, 0) is 14.4 Å². The van der Waals surface area contributed by atoms with Gasteiger partial charge in [0.25, 0.3) is 11.6 Å². The van der Waals surface area contributed by atoms with Gasteiger partial charge in [-0.3, -0.25) is 24.5 Å². The van der Waals surface area contributed by atoms with E-state index in [-0.39, 0.29) is 11.4 Å². The topological polar surface area (TPSA) is 102 Å². The highest BCUT2D eigenvalue weighted by Crippen LogP contribution is 2.47. The molecule has 3 aromatic carbocycles. The van der Waals surface area contributed by atoms with Crippen LogP contribution in [0.3, 0.4) is 0 Å². The molecule has 0 spiro atoms. The Kier molecular flexibility index (Phi) is 5.59. The van der Waals surface area contributed by atoms with Gasteiger partial charge in [-0.2, -0.15) is 0 Å². The monoisotopic (exact) mass is 499 g/mol. The molecule has 9 nitrogen and oxygen atoms in total. The Bertz CT molecular complexity index is 1320. The summed E-state index contributed by atoms with van der Waals surface area (Å²) in [7, 11) is 0. The maximum Gasteiger partial charge on any atom is 0.573 e. The molecule has 0 bridgehead atoms. The molecule has 2 amide bonds. The number of para-hydroxylation sites is 1. The van der Waals surface area contributed by atoms with Crippen LogP contribution in [-0.4, -0.2) is 29.2 Å². The smallest absolute Gasteiger partial charge is 0.406 e. The van der Waals surface area contributed by atoms with Crippen molar-refractivity contribution in [1.82, 2.24) is 0 Å². The standard InChI is InChI=1S/C24H16F3N3O6/c25-24(26,27)35-18-12-6-14(7-13-18)20-19-21(36-29(20)16-4-2-1-3-5-16)23(32)28(22(19)31)15-8-10-17(11-9-15)30(33)34/h1-13,19-21H/t19-,20+,21+/m1/s1. The highest BCUT2D eigenvalue weighted by Gasteiger charge is 2.60. The van der Waals surface area contributed by atoms with E-state index >= 15 is 0 Å². The minimum atomic E-state index is -4.86. The normalized spacial score (nSPS) is 21.6. The number of carbonyl (C=O) groups excluding carboxylic acids is 2. The lowest BCUT2D eigenvalue weighted by atomic mass is 9.90. The Balaban J connectivity index is 1.51. The van der Waals surface area contributed by atoms with Gasteiger partial charge in [-0.05, 0) is 42.0 Å². The molecule has 2 heterocycles. The first-order valence-electron chi connectivity index (χ1n) is 10.6. The quantitative estimate of drug-likeness (QED) is 0.288. The Morgan fingerprint density at radius 1 is 0.861 bits per heavy atom. The predicted octanol–water partition coefficient (Wildman–Crippen LogP) is 4.54. The molecule has 2 aliphatic rings. The molecule has 0 N–H and O–H groups in total. The summed E-state index contributed by atoms with van der Waals surface area (Å²) in [6, 6.07) is 17.7. The van der Waals surface area contributed by atoms with Crippen molar-refractivity contribution in [2.24, 2.45) is 5.92 Å². The number of fused-ring (bicyclic) bond motifs is 1. The number of nitro groups is 1. The second-order valence-corrected chi connectivity index (χ2v) is 8.06. The van der Waals surface area contributed by atoms with Gasteiger partial charge in [0.2, 0.25) is 5.91 Å². The number of amides is 2. The van der Waals surface area contributed by atoms with E-state index < -0.39 is 46.9 Å². The maximum atomic E-state index is 13.5. The number of hydroxylamine groups is 1. The summed E-state index contributed by atoms with van der Waals surface area (Å²) in [5, 5.41) is 12.4. The zero-order chi connectivity index (χ0) is 25.6. The number of imide groups is 1. The summed E-state index contributed by atoms with van der Waals surface area (Å²) in [6.45, 7) is 0. The van der Waals surface area contributed by atoms with Crippen molar-refractivity contribution in [3.05, 3.63) is 94.5 Å². The molecule has 0 aliphatic carbocycles. The fraction of sp³-hybridized carbons (Fsp3) is 0.167. The van der Waals surface area contributed by atoms with Crippen molar-refractivity contribution in [1.29, 1.82) is 0 Å². The van der Waals surface area contributed by atoms with Crippen LogP contribution in [0.2, 0.25) is 0 Å². The second kappa shape index (κ2) is 8.64. The fourth-order valence-electron chi connectivity index (χ4n) is 4.40. The average Bonchev–Trinajstić information content (AvgIpc) is 3.35. The number of benzene rings is 3. The third-order valence-corrected chi connectivity index (χ3v) is 5.90. The highest BCUT2D eigenvalue weighted by atomic mass is 19.4. The van der Waals surface area contributed by atoms with E-state index in [0.717, 1.165) is 17.0 Å². The lowest BCUT2D eigenvalue weighted by molar-refractivity contribution is -0.384. The van der Waals surface area contributed by atoms with Crippen LogP contribution >= 0.6 is 0 Å². The summed E-state index contributed by atoms with van der Waals surface area (Å²) in [5.74, 6) is -2.71. The van der Waals surface area contributed by atoms with E-state index in [1.165, 1.54) is 41.5 Å². The van der Waals surface area contributed by atoms with Crippen molar-refractivity contribution in [3.63, 3.8) is 0 Å². The second-order valence-electron chi connectivity index (χ2n) is 8.06. The maximum absolute atomic E-state index is 13.5. The number of nitrogens with zero attached hydrogens (tertiary/aromatic N) is 3. The summed E-state index contributed by atoms with van der Waals surface area (Å²) in [4.78, 5) is 44.0. The molecule has 5 rings (SSSR count). The first kappa shape index (κ1) is 23.3. The van der Waals surface area contributed by atoms with Gasteiger partial charge in [0.05, 0.1) is 22.3 Å². The van der Waals surface area contributed by atoms with Crippen molar-refractivity contribution in [2.75, 3.05) is 9.96 Å². The fourth-order valence-corrected chi connectivity index (χ4v) is 4.40. The van der Waals surface area contributed by atoms with Crippen LogP contribution in [0.1, 0.15) is 11.6 Å². The number of carbonyl (C=O) groups is 2. The molecule has 0 aromatic heterocycles. The number of anilines is 2. The Morgan fingerprint density at radius 2 is 1.50 bits per heavy atom. The molecular weight excluding hydrogens is 483 g/mol. The third kappa shape index (κ3) is 4.11. The third-order valence-electron chi connectivity index (χ3n) is 5.90. The molecule has 3 aromatic rings. The van der Waals surface area contributed by atoms with Crippen molar-refractivity contribution in [3.8, 4) is 5.75 Å². The van der Waals surface area contributed by atoms with E-state index in [0.29, 0.717) is 11.3 Å². The number of non-ortho nitro benzene ring substituents is 1. The minimum absolute atomic E-state index is 0.146. The summed E-state index contributed by atoms with van der Waals surface area (Å²) < 4.78 is 41.7. The van der Waals surface area contributed by atoms with E-state index in [4.69, 9.17) is 4.84 Å². The molecule has 0 unspecified atom stereocenters. The van der Waals surface area contributed by atoms with Gasteiger partial charge in [-0.15, -0.1) is 13.2 Å². The number of ether oxygens (including phenoxy) is 1. The van der Waals surface area contributed by atoms with Gasteiger partial charge in [0.1, 0.15) is 11.7 Å². The Morgan fingerprint density at radius 3 is 2.08 bits per heavy atom. The Labute approximate surface area is 201 Å². The molecule has 36 heavy (non-hydrogen) atoms. The van der Waals surface area contributed by atoms with Gasteiger partial charge in [-0.1, -0.05) is 30.3 Å². The van der Waals surface area contributed by atoms with Crippen LogP contribution in [0.5, 0.6) is 5.75 Å². The molecule has 12 heteroatoms. The lowest BCUT2D eigenvalue weighted by Crippen LogP contribution is -2.37. The van der Waals surface area contributed by atoms with E-state index in [1.54, 1.807) is 30.3 Å². The molecule has 2 saturated heterocycles. The Hall–Kier alpha value is -4.45. The van der Waals surface area contributed by atoms with Gasteiger partial charge >= 0.3 is 6.36 Å². The molecule has 184 valence electrons. The number of nitro benzene ring substituents is 1. The van der Waals surface area contributed by atoms with Crippen LogP contribution in [0.15, 0.2) is 78.9 Å².